The van der Waals surface area contributed by atoms with E-state index in [4.69, 9.17) is 27.9 Å². The molecule has 0 aliphatic rings. The zero-order valence-electron chi connectivity index (χ0n) is 16.2. The van der Waals surface area contributed by atoms with Crippen LogP contribution in [0.1, 0.15) is 16.7 Å². The lowest BCUT2D eigenvalue weighted by molar-refractivity contribution is -0.385. The van der Waals surface area contributed by atoms with Crippen LogP contribution >= 0.6 is 23.2 Å². The number of nitro groups is 2. The first-order chi connectivity index (χ1) is 15.3. The first-order valence-electron chi connectivity index (χ1n) is 9.00. The number of nitro benzene ring substituents is 2. The normalized spacial score (nSPS) is 11.0. The van der Waals surface area contributed by atoms with Gasteiger partial charge in [0, 0.05) is 24.3 Å². The van der Waals surface area contributed by atoms with Crippen LogP contribution in [0.2, 0.25) is 10.0 Å². The number of nitriles is 1. The Morgan fingerprint density at radius 1 is 0.969 bits per heavy atom. The van der Waals surface area contributed by atoms with Crippen molar-refractivity contribution in [1.82, 2.24) is 0 Å². The topological polar surface area (TPSA) is 119 Å². The zero-order chi connectivity index (χ0) is 23.3. The van der Waals surface area contributed by atoms with E-state index in [1.807, 2.05) is 6.07 Å². The van der Waals surface area contributed by atoms with E-state index in [1.54, 1.807) is 30.3 Å². The van der Waals surface area contributed by atoms with Gasteiger partial charge in [-0.3, -0.25) is 20.2 Å². The molecule has 160 valence electrons. The highest BCUT2D eigenvalue weighted by atomic mass is 35.5. The third-order valence-electron chi connectivity index (χ3n) is 4.35. The molecule has 0 aliphatic carbocycles. The predicted molar refractivity (Wildman–Crippen MR) is 120 cm³/mol. The van der Waals surface area contributed by atoms with E-state index in [2.05, 4.69) is 0 Å². The van der Waals surface area contributed by atoms with Crippen molar-refractivity contribution in [3.63, 3.8) is 0 Å². The van der Waals surface area contributed by atoms with Crippen molar-refractivity contribution in [2.45, 2.75) is 6.61 Å². The van der Waals surface area contributed by atoms with Gasteiger partial charge >= 0.3 is 0 Å². The molecule has 0 saturated heterocycles. The Morgan fingerprint density at radius 2 is 1.59 bits per heavy atom. The van der Waals surface area contributed by atoms with Crippen LogP contribution < -0.4 is 4.74 Å². The van der Waals surface area contributed by atoms with Crippen molar-refractivity contribution >= 4 is 46.2 Å². The molecule has 0 heterocycles. The average molecular weight is 470 g/mol. The molecular weight excluding hydrogens is 457 g/mol. The van der Waals surface area contributed by atoms with Gasteiger partial charge < -0.3 is 4.74 Å². The number of allylic oxidation sites excluding steroid dienone is 1. The molecule has 10 heteroatoms. The van der Waals surface area contributed by atoms with Gasteiger partial charge in [-0.25, -0.2) is 0 Å². The quantitative estimate of drug-likeness (QED) is 0.169. The minimum Gasteiger partial charge on any atom is -0.486 e. The van der Waals surface area contributed by atoms with Gasteiger partial charge in [-0.05, 0) is 47.0 Å². The third kappa shape index (κ3) is 5.40. The first kappa shape index (κ1) is 22.7. The fourth-order valence-electron chi connectivity index (χ4n) is 2.80. The molecule has 0 saturated carbocycles. The Kier molecular flexibility index (Phi) is 7.05. The summed E-state index contributed by atoms with van der Waals surface area (Å²) in [4.78, 5) is 20.7. The molecule has 0 atom stereocenters. The van der Waals surface area contributed by atoms with E-state index in [1.165, 1.54) is 36.4 Å². The molecule has 3 aromatic carbocycles. The van der Waals surface area contributed by atoms with E-state index in [0.717, 1.165) is 0 Å². The Hall–Kier alpha value is -3.93. The summed E-state index contributed by atoms with van der Waals surface area (Å²) in [5, 5.41) is 31.6. The van der Waals surface area contributed by atoms with Crippen molar-refractivity contribution in [1.29, 1.82) is 5.26 Å². The van der Waals surface area contributed by atoms with Gasteiger partial charge in [-0.15, -0.1) is 0 Å². The van der Waals surface area contributed by atoms with Crippen molar-refractivity contribution in [3.05, 3.63) is 108 Å². The summed E-state index contributed by atoms with van der Waals surface area (Å²) in [6.07, 6.45) is 1.51. The van der Waals surface area contributed by atoms with Gasteiger partial charge in [0.2, 0.25) is 0 Å². The summed E-state index contributed by atoms with van der Waals surface area (Å²) < 4.78 is 5.67. The summed E-state index contributed by atoms with van der Waals surface area (Å²) in [6.45, 7) is 0.0871. The maximum Gasteiger partial charge on any atom is 0.270 e. The number of halogens is 2. The van der Waals surface area contributed by atoms with Crippen molar-refractivity contribution < 1.29 is 14.6 Å². The summed E-state index contributed by atoms with van der Waals surface area (Å²) in [7, 11) is 0. The minimum atomic E-state index is -0.538. The smallest absolute Gasteiger partial charge is 0.270 e. The molecule has 8 nitrogen and oxygen atoms in total. The lowest BCUT2D eigenvalue weighted by Gasteiger charge is -2.11. The first-order valence-corrected chi connectivity index (χ1v) is 9.76. The molecule has 0 N–H and O–H groups in total. The van der Waals surface area contributed by atoms with Crippen LogP contribution in [0.25, 0.3) is 11.6 Å². The molecule has 0 unspecified atom stereocenters. The molecule has 3 rings (SSSR count). The highest BCUT2D eigenvalue weighted by Gasteiger charge is 2.13. The SMILES string of the molecule is N#CC(=Cc1cc(Cl)c(OCc2ccc([N+](=O)[O-])cc2)c(Cl)c1)c1cccc([N+](=O)[O-])c1. The molecule has 0 aromatic heterocycles. The highest BCUT2D eigenvalue weighted by molar-refractivity contribution is 6.37. The second kappa shape index (κ2) is 9.92. The summed E-state index contributed by atoms with van der Waals surface area (Å²) in [6, 6.07) is 16.7. The number of nitrogens with zero attached hydrogens (tertiary/aromatic N) is 3. The number of non-ortho nitro benzene ring substituents is 2. The van der Waals surface area contributed by atoms with Gasteiger partial charge in [0.15, 0.2) is 5.75 Å². The van der Waals surface area contributed by atoms with Crippen LogP contribution in [0.15, 0.2) is 60.7 Å². The Morgan fingerprint density at radius 3 is 2.16 bits per heavy atom. The van der Waals surface area contributed by atoms with Crippen molar-refractivity contribution in [2.75, 3.05) is 0 Å². The average Bonchev–Trinajstić information content (AvgIpc) is 2.77. The number of rotatable bonds is 7. The van der Waals surface area contributed by atoms with Gasteiger partial charge in [-0.1, -0.05) is 35.3 Å². The van der Waals surface area contributed by atoms with E-state index >= 15 is 0 Å². The second-order valence-electron chi connectivity index (χ2n) is 6.50. The van der Waals surface area contributed by atoms with E-state index in [-0.39, 0.29) is 39.3 Å². The zero-order valence-corrected chi connectivity index (χ0v) is 17.7. The van der Waals surface area contributed by atoms with Crippen molar-refractivity contribution in [3.8, 4) is 11.8 Å². The van der Waals surface area contributed by atoms with Gasteiger partial charge in [0.1, 0.15) is 6.61 Å². The standard InChI is InChI=1S/C22H13Cl2N3O5/c23-20-9-15(8-17(12-25)16-2-1-3-19(11-16)27(30)31)10-21(24)22(20)32-13-14-4-6-18(7-5-14)26(28)29/h1-11H,13H2. The number of hydrogen-bond acceptors (Lipinski definition) is 6. The van der Waals surface area contributed by atoms with Gasteiger partial charge in [0.25, 0.3) is 11.4 Å². The molecule has 32 heavy (non-hydrogen) atoms. The van der Waals surface area contributed by atoms with Gasteiger partial charge in [-0.2, -0.15) is 5.26 Å². The molecular formula is C22H13Cl2N3O5. The highest BCUT2D eigenvalue weighted by Crippen LogP contribution is 2.36. The molecule has 0 amide bonds. The molecule has 0 fully saturated rings. The maximum absolute atomic E-state index is 11.0. The van der Waals surface area contributed by atoms with Gasteiger partial charge in [0.05, 0.1) is 31.5 Å². The van der Waals surface area contributed by atoms with Crippen molar-refractivity contribution in [2.24, 2.45) is 0 Å². The van der Waals surface area contributed by atoms with Crippen LogP contribution in [-0.4, -0.2) is 9.85 Å². The second-order valence-corrected chi connectivity index (χ2v) is 7.32. The van der Waals surface area contributed by atoms with Crippen LogP contribution in [0, 0.1) is 31.6 Å². The lowest BCUT2D eigenvalue weighted by Crippen LogP contribution is -1.97. The number of hydrogen-bond donors (Lipinski definition) is 0. The Balaban J connectivity index is 1.83. The summed E-state index contributed by atoms with van der Waals surface area (Å²) in [5.41, 5.74) is 1.61. The van der Waals surface area contributed by atoms with Crippen LogP contribution in [0.5, 0.6) is 5.75 Å². The molecule has 0 bridgehead atoms. The monoisotopic (exact) mass is 469 g/mol. The summed E-state index contributed by atoms with van der Waals surface area (Å²) >= 11 is 12.6. The fraction of sp³-hybridized carbons (Fsp3) is 0.0455. The van der Waals surface area contributed by atoms with Crippen LogP contribution in [0.3, 0.4) is 0 Å². The van der Waals surface area contributed by atoms with E-state index < -0.39 is 9.85 Å². The Bertz CT molecular complexity index is 1240. The van der Waals surface area contributed by atoms with E-state index in [0.29, 0.717) is 16.7 Å². The lowest BCUT2D eigenvalue weighted by atomic mass is 10.0. The summed E-state index contributed by atoms with van der Waals surface area (Å²) in [5.74, 6) is 0.220. The number of ether oxygens (including phenoxy) is 1. The molecule has 3 aromatic rings. The van der Waals surface area contributed by atoms with Crippen LogP contribution in [0.4, 0.5) is 11.4 Å². The predicted octanol–water partition coefficient (Wildman–Crippen LogP) is 6.45. The third-order valence-corrected chi connectivity index (χ3v) is 4.91. The minimum absolute atomic E-state index is 0.0296. The fourth-order valence-corrected chi connectivity index (χ4v) is 3.42. The molecule has 0 spiro atoms. The number of benzene rings is 3. The van der Waals surface area contributed by atoms with Crippen LogP contribution in [-0.2, 0) is 6.61 Å². The van der Waals surface area contributed by atoms with E-state index in [9.17, 15) is 25.5 Å². The largest absolute Gasteiger partial charge is 0.486 e. The maximum atomic E-state index is 11.0. The Labute approximate surface area is 192 Å². The molecule has 0 aliphatic heterocycles. The molecule has 0 radical (unpaired) electrons.